The molecule has 0 atom stereocenters. The van der Waals surface area contributed by atoms with Crippen molar-refractivity contribution in [3.8, 4) is 33.4 Å². The minimum absolute atomic E-state index is 0.0226. The molecule has 0 unspecified atom stereocenters. The van der Waals surface area contributed by atoms with Crippen molar-refractivity contribution in [2.45, 2.75) is 102 Å². The van der Waals surface area contributed by atoms with E-state index >= 15 is 0 Å². The van der Waals surface area contributed by atoms with E-state index in [0.29, 0.717) is 5.92 Å². The van der Waals surface area contributed by atoms with Gasteiger partial charge in [-0.05, 0) is 163 Å². The average Bonchev–Trinajstić information content (AvgIpc) is 3.63. The van der Waals surface area contributed by atoms with Gasteiger partial charge in [-0.2, -0.15) is 0 Å². The summed E-state index contributed by atoms with van der Waals surface area (Å²) in [5, 5.41) is 0. The number of aryl methyl sites for hydroxylation is 1. The number of nitrogens with zero attached hydrogens (tertiary/aromatic N) is 1. The van der Waals surface area contributed by atoms with Crippen molar-refractivity contribution in [3.63, 3.8) is 0 Å². The van der Waals surface area contributed by atoms with E-state index in [-0.39, 0.29) is 10.8 Å². The summed E-state index contributed by atoms with van der Waals surface area (Å²) in [7, 11) is 0. The third-order valence-electron chi connectivity index (χ3n) is 15.6. The number of hydrogen-bond acceptors (Lipinski definition) is 1. The standard InChI is InChI=1S/C64H61N/c1-43(2)50-37-38-56-61(63(5,6)40-39-62(56,3)4)60(50)54-41-53-52-30-18-19-31-55(52)64(47-25-12-8-13-26-47,48-27-14-9-15-28-48)57(53)42-59(54)65(58-32-20-24-46-23-16-17-29-51(46)58)49-35-33-45(34-36-49)44-21-10-7-11-22-44/h7-15,18-22,24-28,30-38,41-43H,16-17,23,29,39-40H2,1-6H3. The molecular weight excluding hydrogens is 783 g/mol. The normalized spacial score (nSPS) is 16.3. The lowest BCUT2D eigenvalue weighted by Gasteiger charge is -2.44. The molecule has 0 amide bonds. The molecule has 1 nitrogen and oxygen atoms in total. The van der Waals surface area contributed by atoms with Crippen LogP contribution < -0.4 is 4.90 Å². The molecule has 0 saturated carbocycles. The molecule has 1 heteroatoms. The maximum atomic E-state index is 2.68. The largest absolute Gasteiger partial charge is 0.310 e. The summed E-state index contributed by atoms with van der Waals surface area (Å²) >= 11 is 0. The predicted molar refractivity (Wildman–Crippen MR) is 275 cm³/mol. The lowest BCUT2D eigenvalue weighted by atomic mass is 9.60. The van der Waals surface area contributed by atoms with E-state index in [1.807, 2.05) is 0 Å². The fourth-order valence-electron chi connectivity index (χ4n) is 12.2. The van der Waals surface area contributed by atoms with Crippen molar-refractivity contribution < 1.29 is 0 Å². The highest BCUT2D eigenvalue weighted by Crippen LogP contribution is 2.61. The molecule has 322 valence electrons. The van der Waals surface area contributed by atoms with Gasteiger partial charge in [-0.1, -0.05) is 193 Å². The smallest absolute Gasteiger partial charge is 0.0714 e. The minimum atomic E-state index is -0.543. The van der Waals surface area contributed by atoms with Gasteiger partial charge in [0.1, 0.15) is 0 Å². The number of rotatable bonds is 8. The summed E-state index contributed by atoms with van der Waals surface area (Å²) in [6.45, 7) is 14.8. The second kappa shape index (κ2) is 15.9. The summed E-state index contributed by atoms with van der Waals surface area (Å²) < 4.78 is 0. The number of benzene rings is 8. The van der Waals surface area contributed by atoms with Crippen LogP contribution in [0.5, 0.6) is 0 Å². The van der Waals surface area contributed by atoms with Crippen molar-refractivity contribution in [1.29, 1.82) is 0 Å². The maximum absolute atomic E-state index is 2.68. The molecule has 11 rings (SSSR count). The average molecular weight is 844 g/mol. The Morgan fingerprint density at radius 3 is 1.77 bits per heavy atom. The molecule has 0 spiro atoms. The third-order valence-corrected chi connectivity index (χ3v) is 15.6. The zero-order chi connectivity index (χ0) is 44.5. The quantitative estimate of drug-likeness (QED) is 0.147. The molecule has 3 aliphatic carbocycles. The molecule has 0 bridgehead atoms. The second-order valence-electron chi connectivity index (χ2n) is 20.7. The Morgan fingerprint density at radius 1 is 0.462 bits per heavy atom. The van der Waals surface area contributed by atoms with Gasteiger partial charge in [0.2, 0.25) is 0 Å². The summed E-state index contributed by atoms with van der Waals surface area (Å²) in [6, 6.07) is 69.6. The number of anilines is 3. The summed E-state index contributed by atoms with van der Waals surface area (Å²) in [5.41, 5.74) is 23.7. The van der Waals surface area contributed by atoms with E-state index in [9.17, 15) is 0 Å². The number of fused-ring (bicyclic) bond motifs is 5. The summed E-state index contributed by atoms with van der Waals surface area (Å²) in [4.78, 5) is 2.68. The highest BCUT2D eigenvalue weighted by Gasteiger charge is 2.48. The molecule has 8 aromatic carbocycles. The van der Waals surface area contributed by atoms with E-state index in [4.69, 9.17) is 0 Å². The van der Waals surface area contributed by atoms with E-state index < -0.39 is 5.41 Å². The highest BCUT2D eigenvalue weighted by molar-refractivity contribution is 5.99. The molecule has 65 heavy (non-hydrogen) atoms. The lowest BCUT2D eigenvalue weighted by Crippen LogP contribution is -2.35. The Kier molecular flexibility index (Phi) is 10.1. The van der Waals surface area contributed by atoms with Gasteiger partial charge in [0.05, 0.1) is 11.1 Å². The van der Waals surface area contributed by atoms with Crippen LogP contribution in [0.25, 0.3) is 33.4 Å². The Hall–Kier alpha value is -6.44. The number of hydrogen-bond donors (Lipinski definition) is 0. The highest BCUT2D eigenvalue weighted by atomic mass is 15.1. The van der Waals surface area contributed by atoms with Crippen LogP contribution in [0.15, 0.2) is 182 Å². The van der Waals surface area contributed by atoms with Crippen LogP contribution >= 0.6 is 0 Å². The molecule has 8 aromatic rings. The third kappa shape index (κ3) is 6.64. The first-order valence-corrected chi connectivity index (χ1v) is 24.2. The lowest BCUT2D eigenvalue weighted by molar-refractivity contribution is 0.332. The van der Waals surface area contributed by atoms with Crippen molar-refractivity contribution >= 4 is 17.1 Å². The van der Waals surface area contributed by atoms with Crippen LogP contribution in [0.2, 0.25) is 0 Å². The van der Waals surface area contributed by atoms with Gasteiger partial charge in [-0.3, -0.25) is 0 Å². The zero-order valence-electron chi connectivity index (χ0n) is 39.1. The van der Waals surface area contributed by atoms with E-state index in [1.54, 1.807) is 0 Å². The first kappa shape index (κ1) is 41.3. The molecule has 3 aliphatic rings. The van der Waals surface area contributed by atoms with Gasteiger partial charge in [0, 0.05) is 16.9 Å². The van der Waals surface area contributed by atoms with Crippen molar-refractivity contribution in [2.24, 2.45) is 0 Å². The molecule has 0 aliphatic heterocycles. The van der Waals surface area contributed by atoms with Gasteiger partial charge in [0.15, 0.2) is 0 Å². The Bertz CT molecular complexity index is 3000. The molecule has 0 radical (unpaired) electrons. The monoisotopic (exact) mass is 843 g/mol. The van der Waals surface area contributed by atoms with Gasteiger partial charge in [-0.25, -0.2) is 0 Å². The Morgan fingerprint density at radius 2 is 1.08 bits per heavy atom. The van der Waals surface area contributed by atoms with Gasteiger partial charge >= 0.3 is 0 Å². The van der Waals surface area contributed by atoms with Crippen LogP contribution in [-0.4, -0.2) is 0 Å². The zero-order valence-corrected chi connectivity index (χ0v) is 39.1. The van der Waals surface area contributed by atoms with Crippen molar-refractivity contribution in [1.82, 2.24) is 0 Å². The SMILES string of the molecule is CC(C)c1ccc2c(c1-c1cc3c(cc1N(c1ccc(-c4ccccc4)cc1)c1cccc4c1CCCC4)C(c1ccccc1)(c1ccccc1)c1ccccc1-3)C(C)(C)CCC2(C)C. The first-order valence-electron chi connectivity index (χ1n) is 24.2. The molecule has 0 heterocycles. The molecule has 0 N–H and O–H groups in total. The van der Waals surface area contributed by atoms with Crippen LogP contribution in [0.4, 0.5) is 17.1 Å². The topological polar surface area (TPSA) is 3.24 Å². The fourth-order valence-corrected chi connectivity index (χ4v) is 12.2. The van der Waals surface area contributed by atoms with Crippen LogP contribution in [0.1, 0.15) is 123 Å². The first-order chi connectivity index (χ1) is 31.6. The van der Waals surface area contributed by atoms with E-state index in [2.05, 4.69) is 228 Å². The molecular formula is C64H61N. The van der Waals surface area contributed by atoms with Gasteiger partial charge in [0.25, 0.3) is 0 Å². The van der Waals surface area contributed by atoms with Crippen LogP contribution in [0, 0.1) is 0 Å². The van der Waals surface area contributed by atoms with Crippen LogP contribution in [-0.2, 0) is 29.1 Å². The Labute approximate surface area is 387 Å². The van der Waals surface area contributed by atoms with Crippen molar-refractivity contribution in [2.75, 3.05) is 4.90 Å². The molecule has 0 fully saturated rings. The Balaban J connectivity index is 1.32. The summed E-state index contributed by atoms with van der Waals surface area (Å²) in [6.07, 6.45) is 6.95. The van der Waals surface area contributed by atoms with Crippen LogP contribution in [0.3, 0.4) is 0 Å². The summed E-state index contributed by atoms with van der Waals surface area (Å²) in [5.74, 6) is 0.320. The van der Waals surface area contributed by atoms with Crippen molar-refractivity contribution in [3.05, 3.63) is 232 Å². The fraction of sp³-hybridized carbons (Fsp3) is 0.250. The maximum Gasteiger partial charge on any atom is 0.0714 e. The predicted octanol–water partition coefficient (Wildman–Crippen LogP) is 17.2. The molecule has 0 aromatic heterocycles. The van der Waals surface area contributed by atoms with E-state index in [0.717, 1.165) is 19.3 Å². The van der Waals surface area contributed by atoms with Gasteiger partial charge in [-0.15, -0.1) is 0 Å². The minimum Gasteiger partial charge on any atom is -0.310 e. The molecule has 0 saturated heterocycles. The van der Waals surface area contributed by atoms with E-state index in [1.165, 1.54) is 120 Å². The van der Waals surface area contributed by atoms with Gasteiger partial charge < -0.3 is 4.90 Å². The second-order valence-corrected chi connectivity index (χ2v) is 20.7.